The molecule has 0 heterocycles. The van der Waals surface area contributed by atoms with Crippen molar-refractivity contribution in [2.75, 3.05) is 5.32 Å². The predicted octanol–water partition coefficient (Wildman–Crippen LogP) is 7.57. The van der Waals surface area contributed by atoms with Crippen LogP contribution in [0.3, 0.4) is 0 Å². The molecule has 4 aliphatic carbocycles. The molecule has 4 aliphatic rings. The first kappa shape index (κ1) is 21.4. The van der Waals surface area contributed by atoms with Crippen LogP contribution in [-0.2, 0) is 0 Å². The van der Waals surface area contributed by atoms with E-state index in [0.717, 1.165) is 47.0 Å². The minimum Gasteiger partial charge on any atom is -0.382 e. The zero-order valence-corrected chi connectivity index (χ0v) is 20.2. The molecule has 0 radical (unpaired) electrons. The zero-order valence-electron chi connectivity index (χ0n) is 20.2. The Morgan fingerprint density at radius 1 is 1.03 bits per heavy atom. The normalized spacial score (nSPS) is 42.6. The van der Waals surface area contributed by atoms with Gasteiger partial charge in [-0.05, 0) is 136 Å². The van der Waals surface area contributed by atoms with Crippen LogP contribution in [0.4, 0.5) is 5.69 Å². The fourth-order valence-corrected chi connectivity index (χ4v) is 9.19. The van der Waals surface area contributed by atoms with E-state index in [2.05, 4.69) is 45.1 Å². The zero-order chi connectivity index (χ0) is 21.8. The molecule has 1 aromatic rings. The van der Waals surface area contributed by atoms with E-state index in [1.807, 2.05) is 12.1 Å². The van der Waals surface area contributed by atoms with Crippen LogP contribution >= 0.6 is 0 Å². The second kappa shape index (κ2) is 8.13. The Kier molecular flexibility index (Phi) is 5.60. The summed E-state index contributed by atoms with van der Waals surface area (Å²) in [6, 6.07) is 8.84. The van der Waals surface area contributed by atoms with Crippen LogP contribution in [0.2, 0.25) is 0 Å². The van der Waals surface area contributed by atoms with Gasteiger partial charge in [-0.1, -0.05) is 20.3 Å². The molecule has 9 atom stereocenters. The van der Waals surface area contributed by atoms with Crippen molar-refractivity contribution in [3.05, 3.63) is 29.3 Å². The molecule has 5 rings (SSSR count). The summed E-state index contributed by atoms with van der Waals surface area (Å²) in [6.45, 7) is 9.70. The van der Waals surface area contributed by atoms with E-state index in [4.69, 9.17) is 0 Å². The molecule has 168 valence electrons. The lowest BCUT2D eigenvalue weighted by atomic mass is 9.49. The van der Waals surface area contributed by atoms with E-state index in [1.54, 1.807) is 0 Å². The topological polar surface area (TPSA) is 35.8 Å². The van der Waals surface area contributed by atoms with Crippen LogP contribution in [0.5, 0.6) is 0 Å². The maximum absolute atomic E-state index is 9.18. The summed E-state index contributed by atoms with van der Waals surface area (Å²) in [6.07, 6.45) is 13.3. The molecule has 1 N–H and O–H groups in total. The van der Waals surface area contributed by atoms with Crippen molar-refractivity contribution in [2.45, 2.75) is 91.5 Å². The fraction of sp³-hybridized carbons (Fsp3) is 0.759. The second-order valence-corrected chi connectivity index (χ2v) is 12.2. The van der Waals surface area contributed by atoms with Gasteiger partial charge in [-0.15, -0.1) is 0 Å². The molecule has 3 unspecified atom stereocenters. The van der Waals surface area contributed by atoms with Crippen LogP contribution in [0.1, 0.15) is 89.7 Å². The first-order valence-corrected chi connectivity index (χ1v) is 13.2. The average Bonchev–Trinajstić information content (AvgIpc) is 3.12. The van der Waals surface area contributed by atoms with E-state index in [0.29, 0.717) is 11.5 Å². The summed E-state index contributed by atoms with van der Waals surface area (Å²) >= 11 is 0. The van der Waals surface area contributed by atoms with Gasteiger partial charge in [-0.3, -0.25) is 0 Å². The highest BCUT2D eigenvalue weighted by Gasteiger charge is 2.57. The summed E-state index contributed by atoms with van der Waals surface area (Å²) in [5.41, 5.74) is 3.67. The molecule has 0 saturated heterocycles. The number of hydrogen-bond acceptors (Lipinski definition) is 2. The van der Waals surface area contributed by atoms with Gasteiger partial charge in [-0.2, -0.15) is 5.26 Å². The van der Waals surface area contributed by atoms with Crippen molar-refractivity contribution in [1.29, 1.82) is 5.26 Å². The number of benzene rings is 1. The van der Waals surface area contributed by atoms with Gasteiger partial charge in [0.05, 0.1) is 11.6 Å². The van der Waals surface area contributed by atoms with E-state index >= 15 is 0 Å². The molecule has 0 bridgehead atoms. The minimum atomic E-state index is 0.491. The summed E-state index contributed by atoms with van der Waals surface area (Å²) in [5.74, 6) is 6.82. The number of anilines is 1. The number of nitrogens with one attached hydrogen (secondary N) is 1. The molecule has 31 heavy (non-hydrogen) atoms. The van der Waals surface area contributed by atoms with Gasteiger partial charge in [0.1, 0.15) is 0 Å². The molecular formula is C29H42N2. The smallest absolute Gasteiger partial charge is 0.0991 e. The SMILES string of the molecule is Cc1cc(C#N)ccc1N[C@H](C)C1CCC2[C@@H]3CC[C@@H]4C[C@@H](C)CC[C@@H]4C3CC[C@@]21C. The van der Waals surface area contributed by atoms with Crippen LogP contribution in [0.15, 0.2) is 18.2 Å². The molecule has 0 spiro atoms. The predicted molar refractivity (Wildman–Crippen MR) is 129 cm³/mol. The Balaban J connectivity index is 1.31. The second-order valence-electron chi connectivity index (χ2n) is 12.2. The van der Waals surface area contributed by atoms with Gasteiger partial charge in [0.2, 0.25) is 0 Å². The summed E-state index contributed by atoms with van der Waals surface area (Å²) in [4.78, 5) is 0. The third-order valence-corrected chi connectivity index (χ3v) is 10.6. The highest BCUT2D eigenvalue weighted by molar-refractivity contribution is 5.54. The van der Waals surface area contributed by atoms with Crippen molar-refractivity contribution in [3.8, 4) is 6.07 Å². The molecular weight excluding hydrogens is 376 g/mol. The molecule has 1 aromatic carbocycles. The minimum absolute atomic E-state index is 0.491. The molecule has 0 aliphatic heterocycles. The lowest BCUT2D eigenvalue weighted by Crippen LogP contribution is -2.50. The van der Waals surface area contributed by atoms with Gasteiger partial charge in [0.15, 0.2) is 0 Å². The highest BCUT2D eigenvalue weighted by Crippen LogP contribution is 2.65. The number of rotatable bonds is 3. The van der Waals surface area contributed by atoms with E-state index in [1.165, 1.54) is 69.0 Å². The Bertz CT molecular complexity index is 853. The number of nitrogens with zero attached hydrogens (tertiary/aromatic N) is 1. The third kappa shape index (κ3) is 3.61. The first-order valence-electron chi connectivity index (χ1n) is 13.2. The molecule has 4 saturated carbocycles. The quantitative estimate of drug-likeness (QED) is 0.549. The lowest BCUT2D eigenvalue weighted by Gasteiger charge is -2.56. The summed E-state index contributed by atoms with van der Waals surface area (Å²) < 4.78 is 0. The average molecular weight is 419 g/mol. The monoisotopic (exact) mass is 418 g/mol. The van der Waals surface area contributed by atoms with Crippen LogP contribution in [0.25, 0.3) is 0 Å². The largest absolute Gasteiger partial charge is 0.382 e. The number of fused-ring (bicyclic) bond motifs is 5. The Hall–Kier alpha value is -1.49. The van der Waals surface area contributed by atoms with Gasteiger partial charge < -0.3 is 5.32 Å². The van der Waals surface area contributed by atoms with Crippen LogP contribution in [-0.4, -0.2) is 6.04 Å². The van der Waals surface area contributed by atoms with Gasteiger partial charge in [0, 0.05) is 11.7 Å². The van der Waals surface area contributed by atoms with Crippen molar-refractivity contribution < 1.29 is 0 Å². The molecule has 2 heteroatoms. The van der Waals surface area contributed by atoms with Gasteiger partial charge in [0.25, 0.3) is 0 Å². The van der Waals surface area contributed by atoms with Crippen molar-refractivity contribution in [3.63, 3.8) is 0 Å². The standard InChI is InChI=1S/C29H42N2/c1-18-5-8-23-22(15-18)7-9-25-24(23)13-14-29(4)26(10-11-27(25)29)20(3)31-28-12-6-21(17-30)16-19(28)2/h6,12,16,18,20,22-27,31H,5,7-11,13-15H2,1-4H3/t18-,20+,22+,23-,24?,25+,26?,27?,29+/m0/s1. The van der Waals surface area contributed by atoms with Crippen LogP contribution in [0, 0.1) is 65.1 Å². The molecule has 4 fully saturated rings. The number of hydrogen-bond donors (Lipinski definition) is 1. The van der Waals surface area contributed by atoms with E-state index < -0.39 is 0 Å². The maximum atomic E-state index is 9.18. The third-order valence-electron chi connectivity index (χ3n) is 10.6. The van der Waals surface area contributed by atoms with Gasteiger partial charge >= 0.3 is 0 Å². The van der Waals surface area contributed by atoms with Crippen molar-refractivity contribution >= 4 is 5.69 Å². The van der Waals surface area contributed by atoms with Crippen LogP contribution < -0.4 is 5.32 Å². The van der Waals surface area contributed by atoms with Crippen molar-refractivity contribution in [2.24, 2.45) is 46.8 Å². The van der Waals surface area contributed by atoms with E-state index in [9.17, 15) is 5.26 Å². The number of aryl methyl sites for hydroxylation is 1. The van der Waals surface area contributed by atoms with E-state index in [-0.39, 0.29) is 0 Å². The lowest BCUT2D eigenvalue weighted by molar-refractivity contribution is -0.0683. The molecule has 0 amide bonds. The Labute approximate surface area is 190 Å². The molecule has 2 nitrogen and oxygen atoms in total. The highest BCUT2D eigenvalue weighted by atomic mass is 14.9. The van der Waals surface area contributed by atoms with Gasteiger partial charge in [-0.25, -0.2) is 0 Å². The maximum Gasteiger partial charge on any atom is 0.0991 e. The number of nitriles is 1. The van der Waals surface area contributed by atoms with Crippen molar-refractivity contribution in [1.82, 2.24) is 0 Å². The molecule has 0 aromatic heterocycles. The first-order chi connectivity index (χ1) is 14.9. The fourth-order valence-electron chi connectivity index (χ4n) is 9.19. The Morgan fingerprint density at radius 2 is 1.84 bits per heavy atom. The summed E-state index contributed by atoms with van der Waals surface area (Å²) in [7, 11) is 0. The summed E-state index contributed by atoms with van der Waals surface area (Å²) in [5, 5.41) is 13.1. The Morgan fingerprint density at radius 3 is 2.61 bits per heavy atom.